The first-order valence-electron chi connectivity index (χ1n) is 7.99. The number of nitrogens with zero attached hydrogens (tertiary/aromatic N) is 2. The molecule has 0 fully saturated rings. The highest BCUT2D eigenvalue weighted by Crippen LogP contribution is 2.29. The molecule has 2 rings (SSSR count). The van der Waals surface area contributed by atoms with Crippen molar-refractivity contribution >= 4 is 22.7 Å². The fraction of sp³-hybridized carbons (Fsp3) is 0.353. The number of nitriles is 1. The number of unbranched alkanes of at least 4 members (excludes halogenated alkanes) is 1. The predicted octanol–water partition coefficient (Wildman–Crippen LogP) is 1.54. The molecule has 0 amide bonds. The summed E-state index contributed by atoms with van der Waals surface area (Å²) in [5.41, 5.74) is 12.8. The van der Waals surface area contributed by atoms with Crippen molar-refractivity contribution in [2.24, 2.45) is 11.5 Å². The van der Waals surface area contributed by atoms with Crippen LogP contribution in [0.15, 0.2) is 24.0 Å². The van der Waals surface area contributed by atoms with Gasteiger partial charge in [0, 0.05) is 18.4 Å². The van der Waals surface area contributed by atoms with Gasteiger partial charge < -0.3 is 26.4 Å². The third-order valence-corrected chi connectivity index (χ3v) is 3.61. The molecule has 0 saturated heterocycles. The molecule has 0 radical (unpaired) electrons. The fourth-order valence-corrected chi connectivity index (χ4v) is 2.33. The average Bonchev–Trinajstić information content (AvgIpc) is 3.10. The molecule has 0 aliphatic rings. The van der Waals surface area contributed by atoms with Crippen LogP contribution in [0, 0.1) is 16.7 Å². The van der Waals surface area contributed by atoms with Crippen LogP contribution in [0.2, 0.25) is 0 Å². The van der Waals surface area contributed by atoms with E-state index in [9.17, 15) is 0 Å². The smallest absolute Gasteiger partial charge is 0.131 e. The van der Waals surface area contributed by atoms with Crippen LogP contribution in [-0.4, -0.2) is 42.8 Å². The summed E-state index contributed by atoms with van der Waals surface area (Å²) >= 11 is 0. The molecule has 1 aromatic heterocycles. The molecule has 0 aliphatic heterocycles. The van der Waals surface area contributed by atoms with Gasteiger partial charge in [-0.15, -0.1) is 0 Å². The summed E-state index contributed by atoms with van der Waals surface area (Å²) in [6, 6.07) is 5.39. The van der Waals surface area contributed by atoms with Crippen LogP contribution in [0.25, 0.3) is 16.5 Å². The lowest BCUT2D eigenvalue weighted by molar-refractivity contribution is 0.0982. The monoisotopic (exact) mass is 342 g/mol. The Morgan fingerprint density at radius 3 is 2.88 bits per heavy atom. The van der Waals surface area contributed by atoms with E-state index in [1.54, 1.807) is 18.3 Å². The lowest BCUT2D eigenvalue weighted by Crippen LogP contribution is -2.09. The van der Waals surface area contributed by atoms with Crippen molar-refractivity contribution in [1.29, 1.82) is 10.7 Å². The minimum atomic E-state index is -0.0250. The Bertz CT molecular complexity index is 790. The molecule has 1 aromatic carbocycles. The average molecular weight is 342 g/mol. The van der Waals surface area contributed by atoms with Crippen LogP contribution in [0.5, 0.6) is 5.75 Å². The number of nitrogens with one attached hydrogen (secondary N) is 2. The molecule has 0 saturated carbocycles. The molecule has 0 unspecified atom stereocenters. The number of hydrogen-bond acceptors (Lipinski definition) is 7. The summed E-state index contributed by atoms with van der Waals surface area (Å²) in [4.78, 5) is 0. The second kappa shape index (κ2) is 9.42. The Balaban J connectivity index is 2.12. The van der Waals surface area contributed by atoms with E-state index in [-0.39, 0.29) is 5.70 Å². The van der Waals surface area contributed by atoms with Crippen LogP contribution in [0.1, 0.15) is 18.4 Å². The fourth-order valence-electron chi connectivity index (χ4n) is 2.33. The highest BCUT2D eigenvalue weighted by molar-refractivity contribution is 6.11. The van der Waals surface area contributed by atoms with Crippen LogP contribution in [-0.2, 0) is 4.74 Å². The summed E-state index contributed by atoms with van der Waals surface area (Å²) in [5.74, 6) is 0.594. The predicted molar refractivity (Wildman–Crippen MR) is 96.2 cm³/mol. The molecule has 2 aromatic rings. The van der Waals surface area contributed by atoms with Gasteiger partial charge in [0.25, 0.3) is 0 Å². The summed E-state index contributed by atoms with van der Waals surface area (Å²) in [7, 11) is 0. The minimum absolute atomic E-state index is 0.0250. The van der Waals surface area contributed by atoms with Crippen molar-refractivity contribution < 1.29 is 9.47 Å². The first kappa shape index (κ1) is 18.4. The zero-order valence-corrected chi connectivity index (χ0v) is 13.9. The molecule has 8 nitrogen and oxygen atoms in total. The van der Waals surface area contributed by atoms with Gasteiger partial charge in [0.05, 0.1) is 23.7 Å². The van der Waals surface area contributed by atoms with Gasteiger partial charge in [0.2, 0.25) is 0 Å². The summed E-state index contributed by atoms with van der Waals surface area (Å²) in [6.07, 6.45) is 4.59. The number of rotatable bonds is 10. The zero-order valence-electron chi connectivity index (χ0n) is 13.9. The second-order valence-corrected chi connectivity index (χ2v) is 5.35. The van der Waals surface area contributed by atoms with Gasteiger partial charge in [-0.2, -0.15) is 10.4 Å². The van der Waals surface area contributed by atoms with E-state index in [2.05, 4.69) is 10.2 Å². The Morgan fingerprint density at radius 2 is 2.16 bits per heavy atom. The Morgan fingerprint density at radius 1 is 1.32 bits per heavy atom. The largest absolute Gasteiger partial charge is 0.490 e. The lowest BCUT2D eigenvalue weighted by Gasteiger charge is -2.11. The van der Waals surface area contributed by atoms with Crippen molar-refractivity contribution in [2.75, 3.05) is 26.4 Å². The number of fused-ring (bicyclic) bond motifs is 1. The summed E-state index contributed by atoms with van der Waals surface area (Å²) in [5, 5.41) is 24.2. The first-order valence-corrected chi connectivity index (χ1v) is 7.99. The molecule has 0 atom stereocenters. The quantitative estimate of drug-likeness (QED) is 0.292. The molecule has 0 aliphatic carbocycles. The van der Waals surface area contributed by atoms with E-state index >= 15 is 0 Å². The minimum Gasteiger partial charge on any atom is -0.490 e. The lowest BCUT2D eigenvalue weighted by atomic mass is 10.0. The zero-order chi connectivity index (χ0) is 18.1. The number of aromatic amines is 1. The standard InChI is InChI=1S/C17H22N6O2/c18-3-1-2-4-24-5-6-25-17-8-12(13(9-19)15(21)10-20)7-16-14(17)11-22-23-16/h7-9,11,19H,1-6,18,21H2,(H,22,23)/b15-13+,19-9?. The highest BCUT2D eigenvalue weighted by Gasteiger charge is 2.11. The van der Waals surface area contributed by atoms with Gasteiger partial charge in [-0.05, 0) is 37.1 Å². The molecule has 1 heterocycles. The van der Waals surface area contributed by atoms with E-state index in [0.717, 1.165) is 30.0 Å². The Kier molecular flexibility index (Phi) is 6.95. The van der Waals surface area contributed by atoms with Crippen molar-refractivity contribution in [1.82, 2.24) is 10.2 Å². The number of hydrogen-bond donors (Lipinski definition) is 4. The van der Waals surface area contributed by atoms with Gasteiger partial charge >= 0.3 is 0 Å². The number of ether oxygens (including phenoxy) is 2. The number of allylic oxidation sites excluding steroid dienone is 2. The van der Waals surface area contributed by atoms with Crippen LogP contribution >= 0.6 is 0 Å². The van der Waals surface area contributed by atoms with Crippen LogP contribution < -0.4 is 16.2 Å². The maximum absolute atomic E-state index is 8.99. The van der Waals surface area contributed by atoms with Gasteiger partial charge in [0.15, 0.2) is 0 Å². The number of aromatic nitrogens is 2. The third-order valence-electron chi connectivity index (χ3n) is 3.61. The number of benzene rings is 1. The molecular weight excluding hydrogens is 320 g/mol. The maximum atomic E-state index is 8.99. The number of H-pyrrole nitrogens is 1. The molecule has 0 spiro atoms. The normalized spacial score (nSPS) is 11.8. The van der Waals surface area contributed by atoms with E-state index in [1.807, 2.05) is 6.07 Å². The van der Waals surface area contributed by atoms with E-state index < -0.39 is 0 Å². The second-order valence-electron chi connectivity index (χ2n) is 5.35. The van der Waals surface area contributed by atoms with E-state index in [1.165, 1.54) is 0 Å². The van der Waals surface area contributed by atoms with E-state index in [0.29, 0.717) is 43.3 Å². The van der Waals surface area contributed by atoms with Crippen LogP contribution in [0.4, 0.5) is 0 Å². The van der Waals surface area contributed by atoms with Crippen molar-refractivity contribution in [3.8, 4) is 11.8 Å². The van der Waals surface area contributed by atoms with Gasteiger partial charge in [-0.1, -0.05) is 0 Å². The molecule has 25 heavy (non-hydrogen) atoms. The van der Waals surface area contributed by atoms with Gasteiger partial charge in [0.1, 0.15) is 24.1 Å². The molecule has 8 heteroatoms. The van der Waals surface area contributed by atoms with Gasteiger partial charge in [-0.3, -0.25) is 5.10 Å². The number of nitrogens with two attached hydrogens (primary N) is 2. The highest BCUT2D eigenvalue weighted by atomic mass is 16.5. The molecule has 6 N–H and O–H groups in total. The molecule has 132 valence electrons. The third kappa shape index (κ3) is 4.79. The Labute approximate surface area is 145 Å². The van der Waals surface area contributed by atoms with Gasteiger partial charge in [-0.25, -0.2) is 0 Å². The van der Waals surface area contributed by atoms with Crippen molar-refractivity contribution in [3.05, 3.63) is 29.6 Å². The van der Waals surface area contributed by atoms with Crippen molar-refractivity contribution in [3.63, 3.8) is 0 Å². The van der Waals surface area contributed by atoms with E-state index in [4.69, 9.17) is 31.6 Å². The van der Waals surface area contributed by atoms with Crippen LogP contribution in [0.3, 0.4) is 0 Å². The van der Waals surface area contributed by atoms with Crippen molar-refractivity contribution in [2.45, 2.75) is 12.8 Å². The molecule has 0 bridgehead atoms. The topological polar surface area (TPSA) is 147 Å². The summed E-state index contributed by atoms with van der Waals surface area (Å²) < 4.78 is 11.3. The molecular formula is C17H22N6O2. The first-order chi connectivity index (χ1) is 12.2. The SMILES string of the molecule is N#C/C(N)=C(/C=N)c1cc(OCCOCCCCN)c2cn[nH]c2c1. The maximum Gasteiger partial charge on any atom is 0.131 e. The Hall–Kier alpha value is -2.89. The summed E-state index contributed by atoms with van der Waals surface area (Å²) in [6.45, 7) is 2.16.